The molecule has 4 aromatic carbocycles. The minimum Gasteiger partial charge on any atom is -0.497 e. The molecule has 0 bridgehead atoms. The summed E-state index contributed by atoms with van der Waals surface area (Å²) in [5, 5.41) is 31.4. The van der Waals surface area contributed by atoms with Crippen LogP contribution in [-0.4, -0.2) is 210 Å². The first-order valence-electron chi connectivity index (χ1n) is 47.0. The molecule has 31 nitrogen and oxygen atoms in total. The molecule has 3 fully saturated rings. The number of hydrogen-bond donors (Lipinski definition) is 5. The van der Waals surface area contributed by atoms with Crippen LogP contribution in [0, 0.1) is 55.3 Å². The minimum atomic E-state index is -1.17. The van der Waals surface area contributed by atoms with Gasteiger partial charge in [-0.1, -0.05) is 157 Å². The molecule has 0 saturated carbocycles. The first kappa shape index (κ1) is 103. The van der Waals surface area contributed by atoms with E-state index in [2.05, 4.69) is 88.8 Å². The van der Waals surface area contributed by atoms with Crippen molar-refractivity contribution >= 4 is 58.9 Å². The molecule has 6 amide bonds. The van der Waals surface area contributed by atoms with Gasteiger partial charge in [-0.3, -0.25) is 38.4 Å². The SMILES string of the molecule is COc1ccc(C(OC[C@@H]2C[C@@H](OC(=O)CCC(C)=O)CN2C(=O)CCCCCCC(=O)CCCCC(=O)N[C@@H](CCC(=O)NCCCCCC(=O)NCC(C)COC2OC(Cn3cc(C)nn3)C(C)C(C)C2C)C(=O)NCCCCCC(=O)NCC(COC2OC(Cn3cc(C)nn3)C(C)C(C)C2C)OC(=O)c2ccccc2)(c2ccccc2)c2ccc(OC)cc2)cc1. The third-order valence-electron chi connectivity index (χ3n) is 25.6. The van der Waals surface area contributed by atoms with E-state index < -0.39 is 59.9 Å². The molecule has 3 aliphatic rings. The van der Waals surface area contributed by atoms with Gasteiger partial charge in [0.25, 0.3) is 0 Å². The zero-order chi connectivity index (χ0) is 93.5. The Morgan fingerprint density at radius 2 is 0.992 bits per heavy atom. The molecule has 130 heavy (non-hydrogen) atoms. The number of benzene rings is 4. The number of Topliss-reactive ketones (excluding diaryl/α,β-unsaturated/α-hetero) is 2. The number of nitrogens with zero attached hydrogens (tertiary/aromatic N) is 7. The minimum absolute atomic E-state index is 0.00301. The summed E-state index contributed by atoms with van der Waals surface area (Å²) >= 11 is 0. The van der Waals surface area contributed by atoms with Crippen LogP contribution < -0.4 is 36.1 Å². The van der Waals surface area contributed by atoms with Gasteiger partial charge in [-0.15, -0.1) is 10.2 Å². The van der Waals surface area contributed by atoms with Crippen LogP contribution in [0.5, 0.6) is 11.5 Å². The number of aryl methyl sites for hydroxylation is 2. The average molecular weight is 1800 g/mol. The lowest BCUT2D eigenvalue weighted by Gasteiger charge is -2.43. The zero-order valence-electron chi connectivity index (χ0n) is 78.4. The lowest BCUT2D eigenvalue weighted by molar-refractivity contribution is -0.256. The number of amides is 6. The Bertz CT molecular complexity index is 4450. The van der Waals surface area contributed by atoms with Gasteiger partial charge in [-0.2, -0.15) is 0 Å². The second kappa shape index (κ2) is 53.8. The molecule has 3 saturated heterocycles. The van der Waals surface area contributed by atoms with Gasteiger partial charge in [0.05, 0.1) is 102 Å². The van der Waals surface area contributed by atoms with Crippen molar-refractivity contribution in [2.45, 2.75) is 285 Å². The lowest BCUT2D eigenvalue weighted by Crippen LogP contribution is -2.48. The highest BCUT2D eigenvalue weighted by Crippen LogP contribution is 2.44. The third kappa shape index (κ3) is 33.2. The van der Waals surface area contributed by atoms with E-state index in [1.165, 1.54) is 6.92 Å². The maximum Gasteiger partial charge on any atom is 0.338 e. The number of nitrogens with one attached hydrogen (secondary N) is 5. The summed E-state index contributed by atoms with van der Waals surface area (Å²) in [7, 11) is 3.21. The number of esters is 2. The largest absolute Gasteiger partial charge is 0.497 e. The Morgan fingerprint density at radius 1 is 0.508 bits per heavy atom. The van der Waals surface area contributed by atoms with Crippen molar-refractivity contribution in [2.24, 2.45) is 41.4 Å². The second-order valence-corrected chi connectivity index (χ2v) is 35.8. The molecule has 0 aliphatic carbocycles. The van der Waals surface area contributed by atoms with Crippen molar-refractivity contribution in [1.82, 2.24) is 61.5 Å². The second-order valence-electron chi connectivity index (χ2n) is 35.8. The summed E-state index contributed by atoms with van der Waals surface area (Å²) in [5.74, 6) is -0.146. The lowest BCUT2D eigenvalue weighted by atomic mass is 9.79. The number of carbonyl (C=O) groups excluding carboxylic acids is 10. The standard InChI is InChI=1S/C99H142N12O19/c1-66(63-124-97-74(9)70(5)72(7)87(129-97)61-109-58-67(2)105-107-109)56-102-89(114)37-24-17-29-53-100-91(116)51-50-86(95(120)101-54-30-18-25-38-90(115)103-57-85(128-96(121)76-31-19-15-20-32-76)65-125-98-75(10)71(6)73(8)88(130-98)62-110-59-68(3)106-108-110)104-92(117)39-28-27-36-81(113)35-23-13-14-26-40-93(118)111-60-84(127-94(119)52-41-69(4)112)55-80(111)64-126-99(77-33-21-16-22-34-77,78-42-46-82(122-11)47-43-78)79-44-48-83(123-12)49-45-79/h15-16,19-22,31-34,42-49,58-59,66,70-75,80,84-88,97-98H,13-14,17-18,23-30,35-41,50-57,60-65H2,1-12H3,(H,100,116)(H,101,120)(H,102,114)(H,103,115)(H,104,117)/t66?,70?,71?,72?,73?,74?,75?,80-,84+,85?,86-,87?,88?,97?,98?/m0/s1. The van der Waals surface area contributed by atoms with Crippen LogP contribution in [0.3, 0.4) is 0 Å². The molecular formula is C99H142N12O19. The summed E-state index contributed by atoms with van der Waals surface area (Å²) in [6.45, 7) is 22.9. The van der Waals surface area contributed by atoms with Crippen LogP contribution in [0.1, 0.15) is 242 Å². The Balaban J connectivity index is 0.712. The Kier molecular flexibility index (Phi) is 42.8. The van der Waals surface area contributed by atoms with Gasteiger partial charge in [-0.25, -0.2) is 14.2 Å². The molecule has 5 heterocycles. The van der Waals surface area contributed by atoms with Crippen molar-refractivity contribution in [3.8, 4) is 11.5 Å². The molecule has 712 valence electrons. The number of methoxy groups -OCH3 is 2. The third-order valence-corrected chi connectivity index (χ3v) is 25.6. The van der Waals surface area contributed by atoms with E-state index in [1.54, 1.807) is 54.1 Å². The first-order valence-corrected chi connectivity index (χ1v) is 47.0. The highest BCUT2D eigenvalue weighted by atomic mass is 16.7. The Hall–Kier alpha value is -10.3. The maximum atomic E-state index is 14.4. The molecule has 15 atom stereocenters. The van der Waals surface area contributed by atoms with Crippen molar-refractivity contribution in [2.75, 3.05) is 66.8 Å². The van der Waals surface area contributed by atoms with Gasteiger partial charge in [0.2, 0.25) is 35.4 Å². The summed E-state index contributed by atoms with van der Waals surface area (Å²) in [4.78, 5) is 135. The molecule has 31 heteroatoms. The number of rotatable bonds is 57. The fourth-order valence-corrected chi connectivity index (χ4v) is 17.0. The van der Waals surface area contributed by atoms with Crippen LogP contribution in [0.25, 0.3) is 0 Å². The van der Waals surface area contributed by atoms with Crippen LogP contribution in [0.15, 0.2) is 122 Å². The number of unbranched alkanes of at least 4 members (excludes halogenated alkanes) is 8. The van der Waals surface area contributed by atoms with Crippen molar-refractivity contribution in [1.29, 1.82) is 0 Å². The average Bonchev–Trinajstić information content (AvgIpc) is 0.958. The van der Waals surface area contributed by atoms with Gasteiger partial charge in [0.1, 0.15) is 46.9 Å². The van der Waals surface area contributed by atoms with Crippen molar-refractivity contribution < 1.29 is 90.6 Å². The van der Waals surface area contributed by atoms with Crippen LogP contribution >= 0.6 is 0 Å². The van der Waals surface area contributed by atoms with E-state index in [4.69, 9.17) is 42.6 Å². The summed E-state index contributed by atoms with van der Waals surface area (Å²) in [6.07, 6.45) is 9.44. The summed E-state index contributed by atoms with van der Waals surface area (Å²) in [5.41, 5.74) is 3.30. The van der Waals surface area contributed by atoms with Crippen LogP contribution in [-0.2, 0) is 95.0 Å². The molecule has 12 unspecified atom stereocenters. The van der Waals surface area contributed by atoms with Crippen molar-refractivity contribution in [3.63, 3.8) is 0 Å². The fourth-order valence-electron chi connectivity index (χ4n) is 17.0. The van der Waals surface area contributed by atoms with E-state index in [1.807, 2.05) is 117 Å². The molecule has 0 radical (unpaired) electrons. The quantitative estimate of drug-likeness (QED) is 0.0134. The van der Waals surface area contributed by atoms with Gasteiger partial charge in [-0.05, 0) is 161 Å². The molecular weight excluding hydrogens is 1660 g/mol. The predicted molar refractivity (Wildman–Crippen MR) is 488 cm³/mol. The van der Waals surface area contributed by atoms with Gasteiger partial charge in [0, 0.05) is 102 Å². The van der Waals surface area contributed by atoms with Crippen LogP contribution in [0.4, 0.5) is 0 Å². The van der Waals surface area contributed by atoms with Crippen molar-refractivity contribution in [3.05, 3.63) is 155 Å². The molecule has 9 rings (SSSR count). The highest BCUT2D eigenvalue weighted by molar-refractivity contribution is 5.90. The maximum absolute atomic E-state index is 14.4. The fraction of sp³-hybridized carbons (Fsp3) is 0.616. The van der Waals surface area contributed by atoms with E-state index in [9.17, 15) is 47.9 Å². The van der Waals surface area contributed by atoms with E-state index >= 15 is 0 Å². The normalized spacial score (nSPS) is 21.0. The topological polar surface area (TPSA) is 379 Å². The van der Waals surface area contributed by atoms with E-state index in [0.29, 0.717) is 158 Å². The molecule has 2 aromatic heterocycles. The number of hydrogen-bond acceptors (Lipinski definition) is 23. The smallest absolute Gasteiger partial charge is 0.338 e. The zero-order valence-corrected chi connectivity index (χ0v) is 78.4. The molecule has 3 aliphatic heterocycles. The molecule has 5 N–H and O–H groups in total. The number of likely N-dealkylation sites (tertiary alicyclic amines) is 1. The Morgan fingerprint density at radius 3 is 1.54 bits per heavy atom. The van der Waals surface area contributed by atoms with E-state index in [0.717, 1.165) is 28.1 Å². The number of ketones is 2. The molecule has 0 spiro atoms. The highest BCUT2D eigenvalue weighted by Gasteiger charge is 2.45. The van der Waals surface area contributed by atoms with Gasteiger partial charge >= 0.3 is 11.9 Å². The van der Waals surface area contributed by atoms with Crippen LogP contribution in [0.2, 0.25) is 0 Å². The monoisotopic (exact) mass is 1800 g/mol. The number of ether oxygens (including phenoxy) is 9. The van der Waals surface area contributed by atoms with Gasteiger partial charge < -0.3 is 78.9 Å². The molecule has 6 aromatic rings. The summed E-state index contributed by atoms with van der Waals surface area (Å²) < 4.78 is 59.5. The Labute approximate surface area is 766 Å². The predicted octanol–water partition coefficient (Wildman–Crippen LogP) is 12.6. The summed E-state index contributed by atoms with van der Waals surface area (Å²) in [6, 6.07) is 32.2. The van der Waals surface area contributed by atoms with Gasteiger partial charge in [0.15, 0.2) is 12.6 Å². The first-order chi connectivity index (χ1) is 62.6. The number of aromatic nitrogens is 6. The number of carbonyl (C=O) groups is 10. The van der Waals surface area contributed by atoms with E-state index in [-0.39, 0.29) is 167 Å².